The average molecular weight is 445 g/mol. The van der Waals surface area contributed by atoms with E-state index < -0.39 is 5.97 Å². The molecule has 10 heteroatoms. The topological polar surface area (TPSA) is 114 Å². The van der Waals surface area contributed by atoms with E-state index in [1.165, 1.54) is 6.08 Å². The lowest BCUT2D eigenvalue weighted by Crippen LogP contribution is -2.20. The summed E-state index contributed by atoms with van der Waals surface area (Å²) in [6.07, 6.45) is 1.46. The highest BCUT2D eigenvalue weighted by Gasteiger charge is 2.16. The van der Waals surface area contributed by atoms with Crippen molar-refractivity contribution < 1.29 is 23.8 Å². The van der Waals surface area contributed by atoms with Crippen molar-refractivity contribution in [3.8, 4) is 22.9 Å². The highest BCUT2D eigenvalue weighted by molar-refractivity contribution is 8.04. The van der Waals surface area contributed by atoms with Crippen molar-refractivity contribution in [2.45, 2.75) is 19.0 Å². The number of hydrogen-bond donors (Lipinski definition) is 2. The third kappa shape index (κ3) is 5.40. The van der Waals surface area contributed by atoms with Gasteiger partial charge in [-0.05, 0) is 43.8 Å². The van der Waals surface area contributed by atoms with Crippen LogP contribution in [0.25, 0.3) is 17.5 Å². The zero-order chi connectivity index (χ0) is 22.4. The third-order valence-corrected chi connectivity index (χ3v) is 5.34. The maximum absolute atomic E-state index is 11.8. The molecule has 0 fully saturated rings. The molecule has 3 aromatic rings. The number of hydrogen-bond acceptors (Lipinski definition) is 8. The smallest absolute Gasteiger partial charge is 0.342 e. The Morgan fingerprint density at radius 2 is 1.87 bits per heavy atom. The number of H-pyrrole nitrogens is 1. The first-order chi connectivity index (χ1) is 15.0. The molecule has 2 N–H and O–H groups in total. The van der Waals surface area contributed by atoms with Crippen LogP contribution < -0.4 is 14.4 Å². The van der Waals surface area contributed by atoms with Crippen LogP contribution in [0.1, 0.15) is 19.6 Å². The number of methoxy groups -OCH3 is 2. The normalized spacial score (nSPS) is 11.4. The Morgan fingerprint density at radius 3 is 2.45 bits per heavy atom. The monoisotopic (exact) mass is 444 g/mol. The summed E-state index contributed by atoms with van der Waals surface area (Å²) in [7, 11) is 3.12. The number of anilines is 1. The van der Waals surface area contributed by atoms with E-state index in [1.807, 2.05) is 24.8 Å². The number of carboxylic acid groups (broad SMARTS) is 1. The van der Waals surface area contributed by atoms with E-state index in [4.69, 9.17) is 13.9 Å². The number of benzene rings is 1. The molecule has 1 aromatic carbocycles. The Labute approximate surface area is 184 Å². The van der Waals surface area contributed by atoms with Crippen molar-refractivity contribution in [2.24, 2.45) is 0 Å². The van der Waals surface area contributed by atoms with Crippen molar-refractivity contribution in [3.63, 3.8) is 0 Å². The van der Waals surface area contributed by atoms with Gasteiger partial charge in [0.15, 0.2) is 11.7 Å². The highest BCUT2D eigenvalue weighted by atomic mass is 32.2. The van der Waals surface area contributed by atoms with Crippen molar-refractivity contribution in [3.05, 3.63) is 41.0 Å². The average Bonchev–Trinajstić information content (AvgIpc) is 3.44. The van der Waals surface area contributed by atoms with Crippen LogP contribution >= 0.6 is 11.8 Å². The summed E-state index contributed by atoms with van der Waals surface area (Å²) in [6, 6.07) is 8.87. The molecular formula is C21H24N4O5S. The van der Waals surface area contributed by atoms with E-state index in [-0.39, 0.29) is 10.1 Å². The molecule has 0 saturated carbocycles. The van der Waals surface area contributed by atoms with E-state index in [9.17, 15) is 9.90 Å². The zero-order valence-corrected chi connectivity index (χ0v) is 18.5. The largest absolute Gasteiger partial charge is 0.497 e. The number of aromatic nitrogens is 3. The van der Waals surface area contributed by atoms with Gasteiger partial charge in [0.05, 0.1) is 14.2 Å². The number of aliphatic carboxylic acids is 1. The predicted octanol–water partition coefficient (Wildman–Crippen LogP) is 4.15. The lowest BCUT2D eigenvalue weighted by Gasteiger charge is -2.16. The lowest BCUT2D eigenvalue weighted by molar-refractivity contribution is -0.131. The summed E-state index contributed by atoms with van der Waals surface area (Å²) in [5.74, 6) is 1.71. The minimum atomic E-state index is -1.10. The van der Waals surface area contributed by atoms with Gasteiger partial charge in [-0.15, -0.1) is 5.10 Å². The molecule has 0 amide bonds. The van der Waals surface area contributed by atoms with Crippen LogP contribution in [0.5, 0.6) is 11.5 Å². The second-order valence-corrected chi connectivity index (χ2v) is 7.34. The van der Waals surface area contributed by atoms with Gasteiger partial charge in [-0.3, -0.25) is 5.10 Å². The van der Waals surface area contributed by atoms with E-state index in [1.54, 1.807) is 38.5 Å². The summed E-state index contributed by atoms with van der Waals surface area (Å²) in [5, 5.41) is 16.8. The number of furan rings is 1. The molecule has 0 radical (unpaired) electrons. The Balaban J connectivity index is 1.83. The molecule has 2 aromatic heterocycles. The Hall–Kier alpha value is -3.40. The summed E-state index contributed by atoms with van der Waals surface area (Å²) >= 11 is 0.928. The fourth-order valence-corrected chi connectivity index (χ4v) is 3.54. The third-order valence-electron chi connectivity index (χ3n) is 4.46. The van der Waals surface area contributed by atoms with E-state index in [2.05, 4.69) is 15.2 Å². The lowest BCUT2D eigenvalue weighted by atomic mass is 10.2. The number of rotatable bonds is 10. The summed E-state index contributed by atoms with van der Waals surface area (Å²) in [6.45, 7) is 5.64. The second kappa shape index (κ2) is 10.1. The first kappa shape index (κ1) is 22.3. The Morgan fingerprint density at radius 1 is 1.19 bits per heavy atom. The molecule has 0 aliphatic heterocycles. The molecule has 0 aliphatic rings. The standard InChI is InChI=1S/C21H24N4O5S/c1-5-25(6-2)18-8-7-14(30-18)12-17(20(26)27)31-21-22-19(23-24-21)13-9-15(28-3)11-16(10-13)29-4/h7-12H,5-6H2,1-4H3,(H,26,27)(H,22,23,24)/b17-12-. The van der Waals surface area contributed by atoms with Crippen LogP contribution in [-0.2, 0) is 4.79 Å². The molecule has 0 aliphatic carbocycles. The molecular weight excluding hydrogens is 420 g/mol. The molecule has 0 spiro atoms. The maximum Gasteiger partial charge on any atom is 0.342 e. The number of nitrogens with zero attached hydrogens (tertiary/aromatic N) is 3. The van der Waals surface area contributed by atoms with Gasteiger partial charge in [0.2, 0.25) is 5.16 Å². The van der Waals surface area contributed by atoms with Crippen molar-refractivity contribution >= 4 is 29.7 Å². The molecule has 31 heavy (non-hydrogen) atoms. The molecule has 0 atom stereocenters. The van der Waals surface area contributed by atoms with Crippen LogP contribution in [0.2, 0.25) is 0 Å². The molecule has 0 saturated heterocycles. The number of thioether (sulfide) groups is 1. The molecule has 164 valence electrons. The first-order valence-corrected chi connectivity index (χ1v) is 10.4. The predicted molar refractivity (Wildman–Crippen MR) is 119 cm³/mol. The molecule has 3 rings (SSSR count). The fraction of sp³-hybridized carbons (Fsp3) is 0.286. The van der Waals surface area contributed by atoms with Gasteiger partial charge in [0.1, 0.15) is 22.2 Å². The first-order valence-electron chi connectivity index (χ1n) is 9.60. The molecule has 9 nitrogen and oxygen atoms in total. The van der Waals surface area contributed by atoms with Crippen molar-refractivity contribution in [1.82, 2.24) is 15.2 Å². The Kier molecular flexibility index (Phi) is 7.24. The number of ether oxygens (including phenoxy) is 2. The number of carbonyl (C=O) groups is 1. The molecule has 0 unspecified atom stereocenters. The van der Waals surface area contributed by atoms with E-state index in [0.717, 1.165) is 24.9 Å². The molecule has 2 heterocycles. The van der Waals surface area contributed by atoms with E-state index in [0.29, 0.717) is 34.5 Å². The van der Waals surface area contributed by atoms with Gasteiger partial charge in [0, 0.05) is 36.9 Å². The summed E-state index contributed by atoms with van der Waals surface area (Å²) in [4.78, 5) is 18.2. The van der Waals surface area contributed by atoms with Gasteiger partial charge < -0.3 is 23.9 Å². The number of nitrogens with one attached hydrogen (secondary N) is 1. The fourth-order valence-electron chi connectivity index (χ4n) is 2.85. The summed E-state index contributed by atoms with van der Waals surface area (Å²) < 4.78 is 16.3. The zero-order valence-electron chi connectivity index (χ0n) is 17.7. The Bertz CT molecular complexity index is 1050. The van der Waals surface area contributed by atoms with Gasteiger partial charge in [-0.1, -0.05) is 0 Å². The van der Waals surface area contributed by atoms with Crippen LogP contribution in [0, 0.1) is 0 Å². The minimum absolute atomic E-state index is 0.0363. The van der Waals surface area contributed by atoms with Crippen molar-refractivity contribution in [1.29, 1.82) is 0 Å². The van der Waals surface area contributed by atoms with Gasteiger partial charge in [0.25, 0.3) is 0 Å². The van der Waals surface area contributed by atoms with Gasteiger partial charge >= 0.3 is 5.97 Å². The van der Waals surface area contributed by atoms with Crippen LogP contribution in [0.3, 0.4) is 0 Å². The number of aromatic amines is 1. The quantitative estimate of drug-likeness (QED) is 0.352. The van der Waals surface area contributed by atoms with Crippen LogP contribution in [0.15, 0.2) is 44.8 Å². The van der Waals surface area contributed by atoms with Crippen molar-refractivity contribution in [2.75, 3.05) is 32.2 Å². The van der Waals surface area contributed by atoms with Crippen LogP contribution in [0.4, 0.5) is 5.88 Å². The second-order valence-electron chi connectivity index (χ2n) is 6.33. The number of carboxylic acids is 1. The highest BCUT2D eigenvalue weighted by Crippen LogP contribution is 2.31. The summed E-state index contributed by atoms with van der Waals surface area (Å²) in [5.41, 5.74) is 0.700. The van der Waals surface area contributed by atoms with Gasteiger partial charge in [-0.25, -0.2) is 9.78 Å². The minimum Gasteiger partial charge on any atom is -0.497 e. The van der Waals surface area contributed by atoms with E-state index >= 15 is 0 Å². The molecule has 0 bridgehead atoms. The van der Waals surface area contributed by atoms with Gasteiger partial charge in [-0.2, -0.15) is 0 Å². The van der Waals surface area contributed by atoms with Crippen LogP contribution in [-0.4, -0.2) is 53.6 Å². The SMILES string of the molecule is CCN(CC)c1ccc(/C=C(\Sc2n[nH]c(-c3cc(OC)cc(OC)c3)n2)C(=O)O)o1. The maximum atomic E-state index is 11.8.